The molecule has 146 valence electrons. The maximum absolute atomic E-state index is 9.83. The molecule has 4 nitrogen and oxygen atoms in total. The van der Waals surface area contributed by atoms with Gasteiger partial charge in [-0.05, 0) is 76.2 Å². The Bertz CT molecular complexity index is 1310. The van der Waals surface area contributed by atoms with Gasteiger partial charge >= 0.3 is 0 Å². The Morgan fingerprint density at radius 2 is 1.83 bits per heavy atom. The van der Waals surface area contributed by atoms with E-state index in [9.17, 15) is 5.26 Å². The lowest BCUT2D eigenvalue weighted by molar-refractivity contribution is 0.174. The minimum absolute atomic E-state index is 0.219. The molecule has 0 amide bonds. The molecule has 2 heterocycles. The molecule has 1 aliphatic heterocycles. The van der Waals surface area contributed by atoms with Crippen LogP contribution in [0.4, 0.5) is 0 Å². The highest BCUT2D eigenvalue weighted by molar-refractivity contribution is 14.1. The predicted octanol–water partition coefficient (Wildman–Crippen LogP) is 6.09. The van der Waals surface area contributed by atoms with Crippen molar-refractivity contribution in [1.82, 2.24) is 4.57 Å². The fourth-order valence-electron chi connectivity index (χ4n) is 3.71. The number of halogens is 1. The third kappa shape index (κ3) is 3.55. The Hall–Kier alpha value is -3.24. The number of hydrogen-bond donors (Lipinski definition) is 0. The summed E-state index contributed by atoms with van der Waals surface area (Å²) in [5.41, 5.74) is 4.81. The monoisotopic (exact) mass is 504 g/mol. The molecule has 3 aromatic carbocycles. The summed E-state index contributed by atoms with van der Waals surface area (Å²) in [6.45, 7) is 0.994. The Kier molecular flexibility index (Phi) is 4.93. The van der Waals surface area contributed by atoms with E-state index in [4.69, 9.17) is 9.47 Å². The molecule has 0 radical (unpaired) electrons. The number of allylic oxidation sites excluding steroid dienone is 1. The van der Waals surface area contributed by atoms with Crippen molar-refractivity contribution < 1.29 is 9.47 Å². The van der Waals surface area contributed by atoms with Gasteiger partial charge in [-0.2, -0.15) is 5.26 Å². The highest BCUT2D eigenvalue weighted by Gasteiger charge is 2.15. The van der Waals surface area contributed by atoms with Crippen LogP contribution in [0.1, 0.15) is 16.7 Å². The van der Waals surface area contributed by atoms with Gasteiger partial charge in [0, 0.05) is 32.8 Å². The Labute approximate surface area is 188 Å². The number of nitriles is 1. The number of para-hydroxylation sites is 1. The van der Waals surface area contributed by atoms with Crippen LogP contribution in [0.3, 0.4) is 0 Å². The Morgan fingerprint density at radius 3 is 2.67 bits per heavy atom. The van der Waals surface area contributed by atoms with Crippen molar-refractivity contribution in [3.8, 4) is 17.6 Å². The first-order valence-corrected chi connectivity index (χ1v) is 10.6. The molecule has 30 heavy (non-hydrogen) atoms. The average molecular weight is 504 g/mol. The van der Waals surface area contributed by atoms with E-state index in [1.807, 2.05) is 36.4 Å². The lowest BCUT2D eigenvalue weighted by atomic mass is 10.0. The van der Waals surface area contributed by atoms with E-state index in [1.54, 1.807) is 0 Å². The third-order valence-corrected chi connectivity index (χ3v) is 5.91. The van der Waals surface area contributed by atoms with Gasteiger partial charge in [0.25, 0.3) is 0 Å². The highest BCUT2D eigenvalue weighted by Crippen LogP contribution is 2.35. The van der Waals surface area contributed by atoms with Crippen LogP contribution < -0.4 is 9.47 Å². The third-order valence-electron chi connectivity index (χ3n) is 5.19. The van der Waals surface area contributed by atoms with Gasteiger partial charge in [0.2, 0.25) is 6.79 Å². The highest BCUT2D eigenvalue weighted by atomic mass is 127. The number of fused-ring (bicyclic) bond motifs is 2. The van der Waals surface area contributed by atoms with Crippen LogP contribution >= 0.6 is 22.6 Å². The molecular formula is C25H17IN2O2. The number of ether oxygens (including phenoxy) is 2. The lowest BCUT2D eigenvalue weighted by Crippen LogP contribution is -1.97. The summed E-state index contributed by atoms with van der Waals surface area (Å²) in [6, 6.07) is 24.8. The smallest absolute Gasteiger partial charge is 0.231 e. The van der Waals surface area contributed by atoms with Crippen LogP contribution in [0, 0.1) is 14.9 Å². The summed E-state index contributed by atoms with van der Waals surface area (Å²) in [5.74, 6) is 1.39. The zero-order valence-corrected chi connectivity index (χ0v) is 18.2. The number of benzene rings is 3. The second-order valence-electron chi connectivity index (χ2n) is 7.09. The van der Waals surface area contributed by atoms with Crippen LogP contribution in [0.25, 0.3) is 22.6 Å². The summed E-state index contributed by atoms with van der Waals surface area (Å²) < 4.78 is 14.3. The van der Waals surface area contributed by atoms with Crippen LogP contribution in [0.15, 0.2) is 72.9 Å². The Balaban J connectivity index is 1.56. The first kappa shape index (κ1) is 18.8. The first-order chi connectivity index (χ1) is 14.7. The molecule has 0 unspecified atom stereocenters. The van der Waals surface area contributed by atoms with E-state index in [1.165, 1.54) is 9.13 Å². The standard InChI is InChI=1S/C25H17IN2O2/c26-21-8-5-17(6-9-21)14-28-15-20(22-3-1-2-4-23(22)28)11-19(13-27)18-7-10-24-25(12-18)30-16-29-24/h1-12,15H,14,16H2/b19-11-. The van der Waals surface area contributed by atoms with E-state index in [0.717, 1.165) is 28.6 Å². The SMILES string of the molecule is N#C/C(=C/c1cn(Cc2ccc(I)cc2)c2ccccc12)c1ccc2c(c1)OCO2. The summed E-state index contributed by atoms with van der Waals surface area (Å²) >= 11 is 2.32. The fraction of sp³-hybridized carbons (Fsp3) is 0.0800. The molecule has 1 aromatic heterocycles. The van der Waals surface area contributed by atoms with Crippen LogP contribution in [-0.4, -0.2) is 11.4 Å². The van der Waals surface area contributed by atoms with Crippen molar-refractivity contribution in [1.29, 1.82) is 5.26 Å². The first-order valence-electron chi connectivity index (χ1n) is 9.55. The molecule has 1 aliphatic rings. The van der Waals surface area contributed by atoms with Crippen molar-refractivity contribution >= 4 is 45.1 Å². The van der Waals surface area contributed by atoms with Gasteiger partial charge in [0.1, 0.15) is 0 Å². The molecule has 0 N–H and O–H groups in total. The van der Waals surface area contributed by atoms with Crippen LogP contribution in [-0.2, 0) is 6.54 Å². The minimum atomic E-state index is 0.219. The van der Waals surface area contributed by atoms with Gasteiger partial charge in [-0.3, -0.25) is 0 Å². The molecule has 5 rings (SSSR count). The zero-order valence-electron chi connectivity index (χ0n) is 16.0. The molecule has 0 fully saturated rings. The topological polar surface area (TPSA) is 47.2 Å². The Morgan fingerprint density at radius 1 is 1.03 bits per heavy atom. The lowest BCUT2D eigenvalue weighted by Gasteiger charge is -2.05. The second-order valence-corrected chi connectivity index (χ2v) is 8.34. The molecule has 0 bridgehead atoms. The predicted molar refractivity (Wildman–Crippen MR) is 126 cm³/mol. The van der Waals surface area contributed by atoms with Gasteiger partial charge in [0.15, 0.2) is 11.5 Å². The van der Waals surface area contributed by atoms with E-state index < -0.39 is 0 Å². The molecule has 0 saturated carbocycles. The fourth-order valence-corrected chi connectivity index (χ4v) is 4.07. The van der Waals surface area contributed by atoms with E-state index in [2.05, 4.69) is 75.8 Å². The number of aromatic nitrogens is 1. The van der Waals surface area contributed by atoms with Crippen molar-refractivity contribution in [2.45, 2.75) is 6.54 Å². The number of nitrogens with zero attached hydrogens (tertiary/aromatic N) is 2. The number of hydrogen-bond acceptors (Lipinski definition) is 3. The summed E-state index contributed by atoms with van der Waals surface area (Å²) in [4.78, 5) is 0. The average Bonchev–Trinajstić information content (AvgIpc) is 3.38. The van der Waals surface area contributed by atoms with Crippen LogP contribution in [0.2, 0.25) is 0 Å². The molecule has 5 heteroatoms. The van der Waals surface area contributed by atoms with Gasteiger partial charge in [0.05, 0.1) is 11.6 Å². The molecule has 0 spiro atoms. The minimum Gasteiger partial charge on any atom is -0.454 e. The van der Waals surface area contributed by atoms with Gasteiger partial charge < -0.3 is 14.0 Å². The summed E-state index contributed by atoms with van der Waals surface area (Å²) in [6.07, 6.45) is 4.07. The van der Waals surface area contributed by atoms with E-state index >= 15 is 0 Å². The maximum Gasteiger partial charge on any atom is 0.231 e. The molecular weight excluding hydrogens is 487 g/mol. The summed E-state index contributed by atoms with van der Waals surface area (Å²) in [7, 11) is 0. The van der Waals surface area contributed by atoms with Crippen molar-refractivity contribution in [2.75, 3.05) is 6.79 Å². The van der Waals surface area contributed by atoms with Crippen molar-refractivity contribution in [3.05, 3.63) is 93.2 Å². The van der Waals surface area contributed by atoms with Crippen LogP contribution in [0.5, 0.6) is 11.5 Å². The van der Waals surface area contributed by atoms with E-state index in [0.29, 0.717) is 17.1 Å². The van der Waals surface area contributed by atoms with Gasteiger partial charge in [-0.1, -0.05) is 30.3 Å². The zero-order chi connectivity index (χ0) is 20.5. The molecule has 4 aromatic rings. The van der Waals surface area contributed by atoms with Crippen molar-refractivity contribution in [2.24, 2.45) is 0 Å². The normalized spacial score (nSPS) is 12.9. The quantitative estimate of drug-likeness (QED) is 0.250. The van der Waals surface area contributed by atoms with Gasteiger partial charge in [-0.25, -0.2) is 0 Å². The summed E-state index contributed by atoms with van der Waals surface area (Å²) in [5, 5.41) is 11.0. The van der Waals surface area contributed by atoms with Crippen molar-refractivity contribution in [3.63, 3.8) is 0 Å². The maximum atomic E-state index is 9.83. The second kappa shape index (κ2) is 7.88. The molecule has 0 saturated heterocycles. The molecule has 0 aliphatic carbocycles. The molecule has 0 atom stereocenters. The number of rotatable bonds is 4. The van der Waals surface area contributed by atoms with Gasteiger partial charge in [-0.15, -0.1) is 0 Å². The largest absolute Gasteiger partial charge is 0.454 e. The van der Waals surface area contributed by atoms with E-state index in [-0.39, 0.29) is 6.79 Å².